The zero-order chi connectivity index (χ0) is 18.5. The molecule has 0 atom stereocenters. The number of carbonyl (C=O) groups is 1. The summed E-state index contributed by atoms with van der Waals surface area (Å²) in [4.78, 5) is 21.3. The molecule has 0 spiro atoms. The van der Waals surface area contributed by atoms with E-state index in [2.05, 4.69) is 15.3 Å². The Morgan fingerprint density at radius 1 is 0.923 bits per heavy atom. The molecule has 0 saturated heterocycles. The van der Waals surface area contributed by atoms with Crippen molar-refractivity contribution in [3.8, 4) is 0 Å². The Hall–Kier alpha value is -2.66. The van der Waals surface area contributed by atoms with Gasteiger partial charge < -0.3 is 5.32 Å². The second-order valence-electron chi connectivity index (χ2n) is 6.11. The third-order valence-corrected chi connectivity index (χ3v) is 5.15. The van der Waals surface area contributed by atoms with E-state index >= 15 is 0 Å². The van der Waals surface area contributed by atoms with Gasteiger partial charge >= 0.3 is 0 Å². The van der Waals surface area contributed by atoms with Gasteiger partial charge in [0, 0.05) is 28.4 Å². The van der Waals surface area contributed by atoms with E-state index in [1.165, 1.54) is 0 Å². The lowest BCUT2D eigenvalue weighted by Crippen LogP contribution is -2.11. The van der Waals surface area contributed by atoms with Crippen LogP contribution in [-0.2, 0) is 5.75 Å². The van der Waals surface area contributed by atoms with Gasteiger partial charge in [-0.25, -0.2) is 9.97 Å². The molecule has 1 N–H and O–H groups in total. The van der Waals surface area contributed by atoms with Crippen molar-refractivity contribution in [1.29, 1.82) is 0 Å². The van der Waals surface area contributed by atoms with Crippen LogP contribution in [0.4, 0.5) is 5.69 Å². The monoisotopic (exact) mass is 363 g/mol. The van der Waals surface area contributed by atoms with Gasteiger partial charge in [0.1, 0.15) is 0 Å². The Balaban J connectivity index is 1.62. The Labute approximate surface area is 158 Å². The molecule has 0 aliphatic carbocycles. The lowest BCUT2D eigenvalue weighted by Gasteiger charge is -2.08. The SMILES string of the molecule is Cc1nc(SCc2ccc(C(=O)Nc3ccccc3)cc2)nc(C)c1C. The first-order chi connectivity index (χ1) is 12.5. The molecule has 1 heterocycles. The highest BCUT2D eigenvalue weighted by Crippen LogP contribution is 2.22. The van der Waals surface area contributed by atoms with Crippen LogP contribution in [0, 0.1) is 20.8 Å². The van der Waals surface area contributed by atoms with Crippen molar-refractivity contribution in [2.75, 3.05) is 5.32 Å². The molecule has 0 fully saturated rings. The van der Waals surface area contributed by atoms with E-state index in [1.54, 1.807) is 11.8 Å². The standard InChI is InChI=1S/C21H21N3OS/c1-14-15(2)22-21(23-16(14)3)26-13-17-9-11-18(12-10-17)20(25)24-19-7-5-4-6-8-19/h4-12H,13H2,1-3H3,(H,24,25). The number of carbonyl (C=O) groups excluding carboxylic acids is 1. The van der Waals surface area contributed by atoms with E-state index in [0.717, 1.165) is 39.1 Å². The number of thioether (sulfide) groups is 1. The van der Waals surface area contributed by atoms with Crippen molar-refractivity contribution in [2.24, 2.45) is 0 Å². The van der Waals surface area contributed by atoms with Crippen LogP contribution in [0.2, 0.25) is 0 Å². The predicted octanol–water partition coefficient (Wildman–Crippen LogP) is 4.95. The zero-order valence-corrected chi connectivity index (χ0v) is 15.9. The molecule has 0 aliphatic rings. The average molecular weight is 363 g/mol. The van der Waals surface area contributed by atoms with Crippen molar-refractivity contribution < 1.29 is 4.79 Å². The number of nitrogens with one attached hydrogen (secondary N) is 1. The second-order valence-corrected chi connectivity index (χ2v) is 7.05. The van der Waals surface area contributed by atoms with Gasteiger partial charge in [0.25, 0.3) is 5.91 Å². The van der Waals surface area contributed by atoms with Crippen molar-refractivity contribution in [3.63, 3.8) is 0 Å². The first kappa shape index (κ1) is 18.1. The fourth-order valence-electron chi connectivity index (χ4n) is 2.43. The molecule has 5 heteroatoms. The zero-order valence-electron chi connectivity index (χ0n) is 15.1. The van der Waals surface area contributed by atoms with Crippen LogP contribution < -0.4 is 5.32 Å². The molecule has 0 aliphatic heterocycles. The van der Waals surface area contributed by atoms with Crippen LogP contribution in [0.15, 0.2) is 59.8 Å². The van der Waals surface area contributed by atoms with Crippen molar-refractivity contribution >= 4 is 23.4 Å². The lowest BCUT2D eigenvalue weighted by atomic mass is 10.1. The van der Waals surface area contributed by atoms with Gasteiger partial charge in [-0.3, -0.25) is 4.79 Å². The van der Waals surface area contributed by atoms with Gasteiger partial charge in [-0.15, -0.1) is 0 Å². The van der Waals surface area contributed by atoms with Crippen LogP contribution in [0.3, 0.4) is 0 Å². The highest BCUT2D eigenvalue weighted by Gasteiger charge is 2.08. The molecule has 1 amide bonds. The Morgan fingerprint density at radius 2 is 1.54 bits per heavy atom. The summed E-state index contributed by atoms with van der Waals surface area (Å²) in [6, 6.07) is 17.1. The van der Waals surface area contributed by atoms with E-state index in [1.807, 2.05) is 75.4 Å². The van der Waals surface area contributed by atoms with Gasteiger partial charge in [0.15, 0.2) is 5.16 Å². The Morgan fingerprint density at radius 3 is 2.15 bits per heavy atom. The number of para-hydroxylation sites is 1. The fraction of sp³-hybridized carbons (Fsp3) is 0.190. The number of aryl methyl sites for hydroxylation is 2. The van der Waals surface area contributed by atoms with Crippen LogP contribution in [-0.4, -0.2) is 15.9 Å². The summed E-state index contributed by atoms with van der Waals surface area (Å²) in [7, 11) is 0. The summed E-state index contributed by atoms with van der Waals surface area (Å²) >= 11 is 1.60. The van der Waals surface area contributed by atoms with Crippen LogP contribution in [0.25, 0.3) is 0 Å². The second kappa shape index (κ2) is 8.15. The van der Waals surface area contributed by atoms with Gasteiger partial charge in [-0.1, -0.05) is 42.1 Å². The number of amides is 1. The fourth-order valence-corrected chi connectivity index (χ4v) is 3.32. The minimum Gasteiger partial charge on any atom is -0.322 e. The highest BCUT2D eigenvalue weighted by molar-refractivity contribution is 7.98. The maximum Gasteiger partial charge on any atom is 0.255 e. The van der Waals surface area contributed by atoms with Gasteiger partial charge in [-0.05, 0) is 56.2 Å². The number of hydrogen-bond donors (Lipinski definition) is 1. The minimum absolute atomic E-state index is 0.108. The van der Waals surface area contributed by atoms with E-state index in [9.17, 15) is 4.79 Å². The van der Waals surface area contributed by atoms with E-state index in [0.29, 0.717) is 5.56 Å². The molecule has 4 nitrogen and oxygen atoms in total. The van der Waals surface area contributed by atoms with E-state index in [-0.39, 0.29) is 5.91 Å². The molecule has 1 aromatic heterocycles. The molecule has 3 rings (SSSR count). The average Bonchev–Trinajstić information content (AvgIpc) is 2.65. The predicted molar refractivity (Wildman–Crippen MR) is 107 cm³/mol. The van der Waals surface area contributed by atoms with Crippen LogP contribution in [0.5, 0.6) is 0 Å². The van der Waals surface area contributed by atoms with Crippen molar-refractivity contribution in [3.05, 3.63) is 82.7 Å². The highest BCUT2D eigenvalue weighted by atomic mass is 32.2. The summed E-state index contributed by atoms with van der Waals surface area (Å²) in [5, 5.41) is 3.68. The first-order valence-corrected chi connectivity index (χ1v) is 9.41. The third-order valence-electron chi connectivity index (χ3n) is 4.23. The number of aromatic nitrogens is 2. The molecular weight excluding hydrogens is 342 g/mol. The molecule has 0 saturated carbocycles. The molecule has 26 heavy (non-hydrogen) atoms. The lowest BCUT2D eigenvalue weighted by molar-refractivity contribution is 0.102. The van der Waals surface area contributed by atoms with Crippen molar-refractivity contribution in [1.82, 2.24) is 9.97 Å². The number of nitrogens with zero attached hydrogens (tertiary/aromatic N) is 2. The molecule has 0 unspecified atom stereocenters. The molecule has 0 bridgehead atoms. The number of rotatable bonds is 5. The summed E-state index contributed by atoms with van der Waals surface area (Å²) in [5.41, 5.74) is 5.75. The maximum atomic E-state index is 12.3. The van der Waals surface area contributed by atoms with E-state index < -0.39 is 0 Å². The minimum atomic E-state index is -0.108. The molecule has 3 aromatic rings. The van der Waals surface area contributed by atoms with Crippen LogP contribution in [0.1, 0.15) is 32.9 Å². The normalized spacial score (nSPS) is 10.6. The quantitative estimate of drug-likeness (QED) is 0.515. The van der Waals surface area contributed by atoms with E-state index in [4.69, 9.17) is 0 Å². The maximum absolute atomic E-state index is 12.3. The number of benzene rings is 2. The van der Waals surface area contributed by atoms with Gasteiger partial charge in [0.05, 0.1) is 0 Å². The summed E-state index contributed by atoms with van der Waals surface area (Å²) < 4.78 is 0. The summed E-state index contributed by atoms with van der Waals surface area (Å²) in [5.74, 6) is 0.659. The first-order valence-electron chi connectivity index (χ1n) is 8.43. The Kier molecular flexibility index (Phi) is 5.68. The largest absolute Gasteiger partial charge is 0.322 e. The number of anilines is 1. The molecule has 0 radical (unpaired) electrons. The topological polar surface area (TPSA) is 54.9 Å². The molecule has 2 aromatic carbocycles. The Bertz CT molecular complexity index is 885. The smallest absolute Gasteiger partial charge is 0.255 e. The van der Waals surface area contributed by atoms with Crippen molar-refractivity contribution in [2.45, 2.75) is 31.7 Å². The van der Waals surface area contributed by atoms with Gasteiger partial charge in [-0.2, -0.15) is 0 Å². The third kappa shape index (κ3) is 4.49. The van der Waals surface area contributed by atoms with Crippen LogP contribution >= 0.6 is 11.8 Å². The summed E-state index contributed by atoms with van der Waals surface area (Å²) in [6.07, 6.45) is 0. The number of hydrogen-bond acceptors (Lipinski definition) is 4. The molecule has 132 valence electrons. The summed E-state index contributed by atoms with van der Waals surface area (Å²) in [6.45, 7) is 6.06. The molecular formula is C21H21N3OS. The van der Waals surface area contributed by atoms with Gasteiger partial charge in [0.2, 0.25) is 0 Å².